The molecule has 6 heteroatoms. The molecule has 0 aromatic rings. The Morgan fingerprint density at radius 2 is 1.23 bits per heavy atom. The Morgan fingerprint density at radius 1 is 0.769 bits per heavy atom. The quantitative estimate of drug-likeness (QED) is 0.0858. The number of unbranched alkanes of at least 4 members (excludes halogenated alkanes) is 17. The highest BCUT2D eigenvalue weighted by atomic mass is 16.5. The molecule has 1 rings (SSSR count). The molecule has 1 amide bonds. The highest BCUT2D eigenvalue weighted by molar-refractivity contribution is 5.81. The van der Waals surface area contributed by atoms with Gasteiger partial charge < -0.3 is 14.7 Å². The number of hydrogen-bond acceptors (Lipinski definition) is 4. The second-order valence-corrected chi connectivity index (χ2v) is 12.0. The van der Waals surface area contributed by atoms with Crippen LogP contribution in [0.2, 0.25) is 0 Å². The number of hydrogen-bond donors (Lipinski definition) is 1. The van der Waals surface area contributed by atoms with Gasteiger partial charge in [-0.15, -0.1) is 0 Å². The average molecular weight is 552 g/mol. The maximum absolute atomic E-state index is 12.5. The molecule has 1 aliphatic rings. The molecule has 1 saturated heterocycles. The van der Waals surface area contributed by atoms with Gasteiger partial charge in [0.1, 0.15) is 0 Å². The van der Waals surface area contributed by atoms with E-state index in [4.69, 9.17) is 4.74 Å². The van der Waals surface area contributed by atoms with E-state index in [9.17, 15) is 19.5 Å². The lowest BCUT2D eigenvalue weighted by Crippen LogP contribution is -2.36. The standard InChI is InChI=1S/C33H61NO5/c1-4-5-6-7-8-9-10-11-12-13-14-15-16-17-18-19-20-21-27-39-33(38)29(3)30(32(36)37)25-24-28(2)34-26-22-23-31(34)35/h28-30H,4-27H2,1-3H3,(H,36,37). The Hall–Kier alpha value is -1.59. The molecule has 39 heavy (non-hydrogen) atoms. The number of carbonyl (C=O) groups excluding carboxylic acids is 2. The largest absolute Gasteiger partial charge is 0.481 e. The van der Waals surface area contributed by atoms with E-state index < -0.39 is 23.8 Å². The van der Waals surface area contributed by atoms with Crippen LogP contribution in [0.25, 0.3) is 0 Å². The van der Waals surface area contributed by atoms with Crippen LogP contribution in [-0.2, 0) is 19.1 Å². The van der Waals surface area contributed by atoms with Crippen molar-refractivity contribution in [1.82, 2.24) is 4.90 Å². The molecule has 228 valence electrons. The molecule has 1 aliphatic heterocycles. The van der Waals surface area contributed by atoms with Gasteiger partial charge in [-0.05, 0) is 32.6 Å². The van der Waals surface area contributed by atoms with Crippen molar-refractivity contribution >= 4 is 17.8 Å². The van der Waals surface area contributed by atoms with Crippen molar-refractivity contribution in [3.8, 4) is 0 Å². The zero-order valence-electron chi connectivity index (χ0n) is 25.7. The summed E-state index contributed by atoms with van der Waals surface area (Å²) in [5.41, 5.74) is 0. The third kappa shape index (κ3) is 17.0. The smallest absolute Gasteiger partial charge is 0.309 e. The van der Waals surface area contributed by atoms with Gasteiger partial charge >= 0.3 is 11.9 Å². The summed E-state index contributed by atoms with van der Waals surface area (Å²) in [6.07, 6.45) is 26.1. The molecule has 0 aromatic carbocycles. The van der Waals surface area contributed by atoms with Crippen molar-refractivity contribution in [1.29, 1.82) is 0 Å². The van der Waals surface area contributed by atoms with Crippen LogP contribution in [-0.4, -0.2) is 47.0 Å². The molecule has 0 radical (unpaired) electrons. The lowest BCUT2D eigenvalue weighted by Gasteiger charge is -2.26. The van der Waals surface area contributed by atoms with E-state index in [-0.39, 0.29) is 11.9 Å². The molecule has 3 atom stereocenters. The monoisotopic (exact) mass is 551 g/mol. The molecule has 1 heterocycles. The highest BCUT2D eigenvalue weighted by Gasteiger charge is 2.33. The number of esters is 1. The first kappa shape index (κ1) is 35.4. The maximum atomic E-state index is 12.5. The van der Waals surface area contributed by atoms with Crippen molar-refractivity contribution in [2.75, 3.05) is 13.2 Å². The number of carboxylic acid groups (broad SMARTS) is 1. The number of carbonyl (C=O) groups is 3. The lowest BCUT2D eigenvalue weighted by atomic mass is 9.88. The maximum Gasteiger partial charge on any atom is 0.309 e. The van der Waals surface area contributed by atoms with Gasteiger partial charge in [0.05, 0.1) is 18.4 Å². The SMILES string of the molecule is CCCCCCCCCCCCCCCCCCCCOC(=O)C(C)C(CCC(C)N1CCCC1=O)C(=O)O. The molecule has 0 spiro atoms. The summed E-state index contributed by atoms with van der Waals surface area (Å²) in [4.78, 5) is 38.0. The number of carboxylic acids is 1. The minimum Gasteiger partial charge on any atom is -0.481 e. The van der Waals surface area contributed by atoms with Crippen molar-refractivity contribution < 1.29 is 24.2 Å². The normalized spacial score (nSPS) is 15.9. The van der Waals surface area contributed by atoms with E-state index in [0.29, 0.717) is 25.9 Å². The fraction of sp³-hybridized carbons (Fsp3) is 0.909. The van der Waals surface area contributed by atoms with Gasteiger partial charge in [0, 0.05) is 19.0 Å². The van der Waals surface area contributed by atoms with Gasteiger partial charge in [-0.3, -0.25) is 14.4 Å². The zero-order chi connectivity index (χ0) is 28.7. The summed E-state index contributed by atoms with van der Waals surface area (Å²) in [5, 5.41) is 9.67. The van der Waals surface area contributed by atoms with Crippen LogP contribution < -0.4 is 0 Å². The topological polar surface area (TPSA) is 83.9 Å². The van der Waals surface area contributed by atoms with Crippen molar-refractivity contribution in [2.24, 2.45) is 11.8 Å². The molecule has 0 aliphatic carbocycles. The molecule has 0 saturated carbocycles. The van der Waals surface area contributed by atoms with Crippen molar-refractivity contribution in [2.45, 2.75) is 168 Å². The predicted octanol–water partition coefficient (Wildman–Crippen LogP) is 8.70. The van der Waals surface area contributed by atoms with Gasteiger partial charge in [-0.1, -0.05) is 123 Å². The summed E-state index contributed by atoms with van der Waals surface area (Å²) in [5.74, 6) is -2.70. The van der Waals surface area contributed by atoms with Crippen molar-refractivity contribution in [3.05, 3.63) is 0 Å². The summed E-state index contributed by atoms with van der Waals surface area (Å²) in [7, 11) is 0. The van der Waals surface area contributed by atoms with Gasteiger partial charge in [-0.25, -0.2) is 0 Å². The number of ether oxygens (including phenoxy) is 1. The Morgan fingerprint density at radius 3 is 1.64 bits per heavy atom. The molecule has 1 fully saturated rings. The lowest BCUT2D eigenvalue weighted by molar-refractivity contribution is -0.157. The second kappa shape index (κ2) is 23.1. The molecule has 6 nitrogen and oxygen atoms in total. The molecule has 0 bridgehead atoms. The van der Waals surface area contributed by atoms with E-state index >= 15 is 0 Å². The van der Waals surface area contributed by atoms with Crippen LogP contribution in [0, 0.1) is 11.8 Å². The van der Waals surface area contributed by atoms with Crippen LogP contribution >= 0.6 is 0 Å². The summed E-state index contributed by atoms with van der Waals surface area (Å²) in [6.45, 7) is 7.00. The fourth-order valence-corrected chi connectivity index (χ4v) is 5.77. The molecule has 1 N–H and O–H groups in total. The van der Waals surface area contributed by atoms with Crippen LogP contribution in [0.5, 0.6) is 0 Å². The first-order valence-corrected chi connectivity index (χ1v) is 16.6. The zero-order valence-corrected chi connectivity index (χ0v) is 25.7. The van der Waals surface area contributed by atoms with E-state index in [1.807, 2.05) is 11.8 Å². The third-order valence-corrected chi connectivity index (χ3v) is 8.57. The number of likely N-dealkylation sites (tertiary alicyclic amines) is 1. The van der Waals surface area contributed by atoms with Crippen LogP contribution in [0.3, 0.4) is 0 Å². The van der Waals surface area contributed by atoms with Gasteiger partial charge in [-0.2, -0.15) is 0 Å². The van der Waals surface area contributed by atoms with E-state index in [1.165, 1.54) is 96.3 Å². The van der Waals surface area contributed by atoms with Crippen LogP contribution in [0.1, 0.15) is 162 Å². The predicted molar refractivity (Wildman–Crippen MR) is 160 cm³/mol. The first-order chi connectivity index (χ1) is 18.9. The molecular formula is C33H61NO5. The number of amides is 1. The number of aliphatic carboxylic acids is 1. The Kier molecular flexibility index (Phi) is 21.0. The third-order valence-electron chi connectivity index (χ3n) is 8.57. The first-order valence-electron chi connectivity index (χ1n) is 16.6. The highest BCUT2D eigenvalue weighted by Crippen LogP contribution is 2.24. The van der Waals surface area contributed by atoms with Gasteiger partial charge in [0.2, 0.25) is 5.91 Å². The van der Waals surface area contributed by atoms with E-state index in [1.54, 1.807) is 6.92 Å². The summed E-state index contributed by atoms with van der Waals surface area (Å²) >= 11 is 0. The van der Waals surface area contributed by atoms with Crippen molar-refractivity contribution in [3.63, 3.8) is 0 Å². The minimum atomic E-state index is -0.965. The number of nitrogens with zero attached hydrogens (tertiary/aromatic N) is 1. The van der Waals surface area contributed by atoms with E-state index in [2.05, 4.69) is 6.92 Å². The number of rotatable bonds is 26. The van der Waals surface area contributed by atoms with E-state index in [0.717, 1.165) is 32.2 Å². The fourth-order valence-electron chi connectivity index (χ4n) is 5.77. The van der Waals surface area contributed by atoms with Gasteiger partial charge in [0.25, 0.3) is 0 Å². The Balaban J connectivity index is 1.97. The minimum absolute atomic E-state index is 0.00443. The Bertz CT molecular complexity index is 652. The van der Waals surface area contributed by atoms with Gasteiger partial charge in [0.15, 0.2) is 0 Å². The average Bonchev–Trinajstić information content (AvgIpc) is 3.35. The summed E-state index contributed by atoms with van der Waals surface area (Å²) in [6, 6.07) is 0.00443. The summed E-state index contributed by atoms with van der Waals surface area (Å²) < 4.78 is 5.42. The van der Waals surface area contributed by atoms with Crippen LogP contribution in [0.4, 0.5) is 0 Å². The second-order valence-electron chi connectivity index (χ2n) is 12.0. The van der Waals surface area contributed by atoms with Crippen LogP contribution in [0.15, 0.2) is 0 Å². The Labute approximate surface area is 240 Å². The molecular weight excluding hydrogens is 490 g/mol. The molecule has 3 unspecified atom stereocenters. The molecule has 0 aromatic heterocycles.